The molecular formula is C11H20N2O2. The molecule has 0 radical (unpaired) electrons. The highest BCUT2D eigenvalue weighted by molar-refractivity contribution is 5.85. The number of ether oxygens (including phenoxy) is 1. The Hall–Kier alpha value is -0.610. The summed E-state index contributed by atoms with van der Waals surface area (Å²) in [6.07, 6.45) is 2.95. The van der Waals surface area contributed by atoms with E-state index in [4.69, 9.17) is 10.5 Å². The molecule has 2 aliphatic rings. The van der Waals surface area contributed by atoms with E-state index in [9.17, 15) is 4.79 Å². The van der Waals surface area contributed by atoms with Crippen LogP contribution in [0.4, 0.5) is 0 Å². The molecule has 0 bridgehead atoms. The van der Waals surface area contributed by atoms with Crippen molar-refractivity contribution in [3.05, 3.63) is 0 Å². The van der Waals surface area contributed by atoms with Crippen molar-refractivity contribution < 1.29 is 9.53 Å². The molecule has 0 aromatic heterocycles. The van der Waals surface area contributed by atoms with Gasteiger partial charge in [-0.1, -0.05) is 0 Å². The molecule has 1 heterocycles. The van der Waals surface area contributed by atoms with Gasteiger partial charge < -0.3 is 15.8 Å². The Kier molecular flexibility index (Phi) is 2.98. The first-order valence-electron chi connectivity index (χ1n) is 5.77. The SMILES string of the molecule is CC(NC(=O)C1(CN)CC1)C1CCOC1. The Morgan fingerprint density at radius 3 is 2.87 bits per heavy atom. The van der Waals surface area contributed by atoms with Crippen molar-refractivity contribution in [2.24, 2.45) is 17.1 Å². The summed E-state index contributed by atoms with van der Waals surface area (Å²) in [5, 5.41) is 3.08. The van der Waals surface area contributed by atoms with Crippen LogP contribution in [0, 0.1) is 11.3 Å². The van der Waals surface area contributed by atoms with E-state index in [2.05, 4.69) is 12.2 Å². The number of carbonyl (C=O) groups excluding carboxylic acids is 1. The van der Waals surface area contributed by atoms with E-state index < -0.39 is 0 Å². The Labute approximate surface area is 90.5 Å². The average Bonchev–Trinajstić information content (AvgIpc) is 2.84. The third kappa shape index (κ3) is 2.16. The first-order valence-corrected chi connectivity index (χ1v) is 5.77. The second-order valence-corrected chi connectivity index (χ2v) is 4.87. The lowest BCUT2D eigenvalue weighted by Gasteiger charge is -2.22. The molecule has 3 N–H and O–H groups in total. The van der Waals surface area contributed by atoms with Gasteiger partial charge in [0, 0.05) is 25.1 Å². The van der Waals surface area contributed by atoms with Gasteiger partial charge in [-0.15, -0.1) is 0 Å². The lowest BCUT2D eigenvalue weighted by Crippen LogP contribution is -2.44. The average molecular weight is 212 g/mol. The largest absolute Gasteiger partial charge is 0.381 e. The van der Waals surface area contributed by atoms with Crippen LogP contribution in [-0.2, 0) is 9.53 Å². The van der Waals surface area contributed by atoms with Gasteiger partial charge in [-0.2, -0.15) is 0 Å². The van der Waals surface area contributed by atoms with Crippen LogP contribution in [-0.4, -0.2) is 31.7 Å². The van der Waals surface area contributed by atoms with Crippen molar-refractivity contribution in [1.29, 1.82) is 0 Å². The molecule has 1 aliphatic carbocycles. The Morgan fingerprint density at radius 1 is 1.67 bits per heavy atom. The molecule has 0 aromatic carbocycles. The van der Waals surface area contributed by atoms with Crippen LogP contribution in [0.1, 0.15) is 26.2 Å². The minimum atomic E-state index is -0.228. The van der Waals surface area contributed by atoms with E-state index in [-0.39, 0.29) is 17.4 Å². The molecule has 1 saturated carbocycles. The molecule has 4 heteroatoms. The van der Waals surface area contributed by atoms with E-state index in [1.807, 2.05) is 0 Å². The van der Waals surface area contributed by atoms with Gasteiger partial charge in [-0.05, 0) is 26.2 Å². The van der Waals surface area contributed by atoms with E-state index in [0.717, 1.165) is 32.5 Å². The summed E-state index contributed by atoms with van der Waals surface area (Å²) in [6, 6.07) is 0.212. The smallest absolute Gasteiger partial charge is 0.227 e. The molecule has 1 amide bonds. The number of hydrogen-bond donors (Lipinski definition) is 2. The third-order valence-corrected chi connectivity index (χ3v) is 3.76. The van der Waals surface area contributed by atoms with Crippen LogP contribution in [0.15, 0.2) is 0 Å². The van der Waals surface area contributed by atoms with E-state index in [1.165, 1.54) is 0 Å². The van der Waals surface area contributed by atoms with Crippen molar-refractivity contribution in [2.75, 3.05) is 19.8 Å². The monoisotopic (exact) mass is 212 g/mol. The summed E-state index contributed by atoms with van der Waals surface area (Å²) in [4.78, 5) is 11.9. The maximum absolute atomic E-state index is 11.9. The number of amides is 1. The lowest BCUT2D eigenvalue weighted by atomic mass is 9.99. The number of rotatable bonds is 4. The van der Waals surface area contributed by atoms with Crippen molar-refractivity contribution in [3.8, 4) is 0 Å². The highest BCUT2D eigenvalue weighted by Crippen LogP contribution is 2.44. The van der Waals surface area contributed by atoms with Gasteiger partial charge in [0.1, 0.15) is 0 Å². The fraction of sp³-hybridized carbons (Fsp3) is 0.909. The number of hydrogen-bond acceptors (Lipinski definition) is 3. The minimum absolute atomic E-state index is 0.143. The molecule has 1 aliphatic heterocycles. The van der Waals surface area contributed by atoms with Crippen LogP contribution in [0.2, 0.25) is 0 Å². The second-order valence-electron chi connectivity index (χ2n) is 4.87. The summed E-state index contributed by atoms with van der Waals surface area (Å²) in [7, 11) is 0. The Bertz CT molecular complexity index is 245. The molecule has 15 heavy (non-hydrogen) atoms. The van der Waals surface area contributed by atoms with Crippen LogP contribution >= 0.6 is 0 Å². The zero-order valence-corrected chi connectivity index (χ0v) is 9.29. The minimum Gasteiger partial charge on any atom is -0.381 e. The van der Waals surface area contributed by atoms with Crippen LogP contribution in [0.3, 0.4) is 0 Å². The fourth-order valence-electron chi connectivity index (χ4n) is 2.10. The fourth-order valence-corrected chi connectivity index (χ4v) is 2.10. The topological polar surface area (TPSA) is 64.4 Å². The van der Waals surface area contributed by atoms with Gasteiger partial charge in [0.15, 0.2) is 0 Å². The van der Waals surface area contributed by atoms with Crippen LogP contribution in [0.25, 0.3) is 0 Å². The number of nitrogens with two attached hydrogens (primary N) is 1. The van der Waals surface area contributed by atoms with Crippen molar-refractivity contribution in [1.82, 2.24) is 5.32 Å². The Balaban J connectivity index is 1.83. The van der Waals surface area contributed by atoms with E-state index >= 15 is 0 Å². The van der Waals surface area contributed by atoms with Crippen LogP contribution in [0.5, 0.6) is 0 Å². The predicted octanol–water partition coefficient (Wildman–Crippen LogP) is 0.267. The first kappa shape index (κ1) is 10.9. The molecule has 0 spiro atoms. The van der Waals surface area contributed by atoms with Gasteiger partial charge in [-0.25, -0.2) is 0 Å². The summed E-state index contributed by atoms with van der Waals surface area (Å²) >= 11 is 0. The first-order chi connectivity index (χ1) is 7.18. The standard InChI is InChI=1S/C11H20N2O2/c1-8(9-2-5-15-6-9)13-10(14)11(7-12)3-4-11/h8-9H,2-7,12H2,1H3,(H,13,14). The molecular weight excluding hydrogens is 192 g/mol. The molecule has 2 rings (SSSR count). The normalized spacial score (nSPS) is 29.9. The zero-order valence-electron chi connectivity index (χ0n) is 9.29. The highest BCUT2D eigenvalue weighted by atomic mass is 16.5. The summed E-state index contributed by atoms with van der Waals surface area (Å²) < 4.78 is 5.31. The molecule has 86 valence electrons. The van der Waals surface area contributed by atoms with E-state index in [1.54, 1.807) is 0 Å². The van der Waals surface area contributed by atoms with Gasteiger partial charge >= 0.3 is 0 Å². The number of nitrogens with one attached hydrogen (secondary N) is 1. The molecule has 1 saturated heterocycles. The van der Waals surface area contributed by atoms with Gasteiger partial charge in [-0.3, -0.25) is 4.79 Å². The maximum atomic E-state index is 11.9. The number of carbonyl (C=O) groups is 1. The summed E-state index contributed by atoms with van der Waals surface area (Å²) in [5.41, 5.74) is 5.38. The summed E-state index contributed by atoms with van der Waals surface area (Å²) in [5.74, 6) is 0.618. The zero-order chi connectivity index (χ0) is 10.9. The quantitative estimate of drug-likeness (QED) is 0.703. The molecule has 2 atom stereocenters. The van der Waals surface area contributed by atoms with E-state index in [0.29, 0.717) is 12.5 Å². The van der Waals surface area contributed by atoms with Gasteiger partial charge in [0.25, 0.3) is 0 Å². The van der Waals surface area contributed by atoms with Crippen molar-refractivity contribution in [2.45, 2.75) is 32.2 Å². The van der Waals surface area contributed by atoms with Crippen molar-refractivity contribution in [3.63, 3.8) is 0 Å². The van der Waals surface area contributed by atoms with Crippen molar-refractivity contribution >= 4 is 5.91 Å². The Morgan fingerprint density at radius 2 is 2.40 bits per heavy atom. The third-order valence-electron chi connectivity index (χ3n) is 3.76. The predicted molar refractivity (Wildman–Crippen MR) is 57.3 cm³/mol. The van der Waals surface area contributed by atoms with Crippen LogP contribution < -0.4 is 11.1 Å². The second kappa shape index (κ2) is 4.10. The summed E-state index contributed by atoms with van der Waals surface area (Å²) in [6.45, 7) is 4.14. The molecule has 0 aromatic rings. The van der Waals surface area contributed by atoms with Gasteiger partial charge in [0.05, 0.1) is 12.0 Å². The highest BCUT2D eigenvalue weighted by Gasteiger charge is 2.49. The maximum Gasteiger partial charge on any atom is 0.227 e. The van der Waals surface area contributed by atoms with Gasteiger partial charge in [0.2, 0.25) is 5.91 Å². The molecule has 2 fully saturated rings. The molecule has 4 nitrogen and oxygen atoms in total. The molecule has 2 unspecified atom stereocenters. The lowest BCUT2D eigenvalue weighted by molar-refractivity contribution is -0.126.